The highest BCUT2D eigenvalue weighted by atomic mass is 16.5. The molecule has 0 aliphatic heterocycles. The van der Waals surface area contributed by atoms with E-state index in [1.807, 2.05) is 0 Å². The lowest BCUT2D eigenvalue weighted by atomic mass is 9.45. The van der Waals surface area contributed by atoms with Crippen molar-refractivity contribution < 1.29 is 9.53 Å². The van der Waals surface area contributed by atoms with Gasteiger partial charge >= 0.3 is 5.97 Å². The van der Waals surface area contributed by atoms with Gasteiger partial charge in [0.15, 0.2) is 0 Å². The maximum Gasteiger partial charge on any atom is 0.302 e. The van der Waals surface area contributed by atoms with Crippen LogP contribution in [0.5, 0.6) is 0 Å². The van der Waals surface area contributed by atoms with Crippen LogP contribution in [0.1, 0.15) is 112 Å². The van der Waals surface area contributed by atoms with Crippen LogP contribution in [-0.2, 0) is 9.53 Å². The minimum Gasteiger partial charge on any atom is -0.462 e. The van der Waals surface area contributed by atoms with Gasteiger partial charge in [-0.3, -0.25) is 4.79 Å². The van der Waals surface area contributed by atoms with Gasteiger partial charge in [-0.15, -0.1) is 0 Å². The van der Waals surface area contributed by atoms with Gasteiger partial charge in [0.05, 0.1) is 0 Å². The van der Waals surface area contributed by atoms with Crippen LogP contribution < -0.4 is 0 Å². The molecule has 5 fully saturated rings. The second kappa shape index (κ2) is 7.49. The SMILES string of the molecule is CC(=O)O[C@@H]1C[C@@H]2[C@@H]3CC[C@H]([C@H](C)CCCC(C)C)[C@]3(C)CC[C@@H]2[C@@]2(C)CC[C@@H]3C[C@@]312. The molecule has 1 spiro atoms. The summed E-state index contributed by atoms with van der Waals surface area (Å²) >= 11 is 0. The monoisotopic (exact) mass is 428 g/mol. The van der Waals surface area contributed by atoms with E-state index < -0.39 is 0 Å². The molecule has 0 aromatic carbocycles. The van der Waals surface area contributed by atoms with Gasteiger partial charge in [0.25, 0.3) is 0 Å². The Bertz CT molecular complexity index is 714. The molecule has 0 saturated heterocycles. The Morgan fingerprint density at radius 1 is 1.00 bits per heavy atom. The van der Waals surface area contributed by atoms with Crippen LogP contribution in [0.3, 0.4) is 0 Å². The molecule has 5 aliphatic carbocycles. The molecule has 0 unspecified atom stereocenters. The van der Waals surface area contributed by atoms with Gasteiger partial charge in [-0.2, -0.15) is 0 Å². The van der Waals surface area contributed by atoms with E-state index in [9.17, 15) is 4.79 Å². The molecule has 5 aliphatic rings. The summed E-state index contributed by atoms with van der Waals surface area (Å²) in [6.07, 6.45) is 15.4. The van der Waals surface area contributed by atoms with Crippen molar-refractivity contribution in [3.8, 4) is 0 Å². The van der Waals surface area contributed by atoms with Gasteiger partial charge in [0, 0.05) is 12.3 Å². The number of fused-ring (bicyclic) bond motifs is 4. The number of hydrogen-bond acceptors (Lipinski definition) is 2. The summed E-state index contributed by atoms with van der Waals surface area (Å²) in [6, 6.07) is 0. The minimum absolute atomic E-state index is 0.0423. The highest BCUT2D eigenvalue weighted by Gasteiger charge is 2.78. The van der Waals surface area contributed by atoms with E-state index in [0.717, 1.165) is 41.4 Å². The Morgan fingerprint density at radius 2 is 1.77 bits per heavy atom. The van der Waals surface area contributed by atoms with E-state index in [4.69, 9.17) is 4.74 Å². The Labute approximate surface area is 191 Å². The van der Waals surface area contributed by atoms with Crippen molar-refractivity contribution in [2.45, 2.75) is 118 Å². The molecule has 0 radical (unpaired) electrons. The van der Waals surface area contributed by atoms with Crippen molar-refractivity contribution >= 4 is 5.97 Å². The first kappa shape index (κ1) is 22.3. The van der Waals surface area contributed by atoms with Gasteiger partial charge in [-0.25, -0.2) is 0 Å². The van der Waals surface area contributed by atoms with E-state index in [-0.39, 0.29) is 12.1 Å². The second-order valence-corrected chi connectivity index (χ2v) is 13.6. The predicted molar refractivity (Wildman–Crippen MR) is 126 cm³/mol. The third-order valence-electron chi connectivity index (χ3n) is 12.1. The van der Waals surface area contributed by atoms with Crippen LogP contribution in [0.25, 0.3) is 0 Å². The zero-order valence-electron chi connectivity index (χ0n) is 21.2. The maximum absolute atomic E-state index is 12.1. The van der Waals surface area contributed by atoms with Crippen molar-refractivity contribution in [3.05, 3.63) is 0 Å². The Hall–Kier alpha value is -0.530. The first-order chi connectivity index (χ1) is 14.6. The number of carbonyl (C=O) groups excluding carboxylic acids is 1. The Balaban J connectivity index is 1.37. The van der Waals surface area contributed by atoms with E-state index in [1.165, 1.54) is 70.6 Å². The molecular weight excluding hydrogens is 380 g/mol. The standard InChI is InChI=1S/C29H48O2/c1-18(2)8-7-9-19(3)23-10-11-24-22-16-26(31-20(4)30)29-17-21(29)12-15-28(29,6)25(22)13-14-27(23,24)5/h18-19,21-26H,7-17H2,1-6H3/t19-,21-,22-,23-,24+,25+,26-,27+,28-,29-/m1/s1. The summed E-state index contributed by atoms with van der Waals surface area (Å²) in [7, 11) is 0. The molecule has 0 aromatic rings. The van der Waals surface area contributed by atoms with E-state index in [2.05, 4.69) is 34.6 Å². The summed E-state index contributed by atoms with van der Waals surface area (Å²) in [5.41, 5.74) is 1.28. The summed E-state index contributed by atoms with van der Waals surface area (Å²) in [5.74, 6) is 5.91. The Morgan fingerprint density at radius 3 is 2.45 bits per heavy atom. The minimum atomic E-state index is -0.0423. The fourth-order valence-corrected chi connectivity index (χ4v) is 10.7. The largest absolute Gasteiger partial charge is 0.462 e. The van der Waals surface area contributed by atoms with Gasteiger partial charge in [-0.1, -0.05) is 53.9 Å². The van der Waals surface area contributed by atoms with Crippen LogP contribution in [0.4, 0.5) is 0 Å². The molecule has 5 saturated carbocycles. The first-order valence-electron chi connectivity index (χ1n) is 13.8. The maximum atomic E-state index is 12.1. The molecule has 0 aromatic heterocycles. The first-order valence-corrected chi connectivity index (χ1v) is 13.8. The zero-order valence-corrected chi connectivity index (χ0v) is 21.2. The molecule has 5 rings (SSSR count). The van der Waals surface area contributed by atoms with Gasteiger partial charge in [0.2, 0.25) is 0 Å². The molecule has 0 amide bonds. The van der Waals surface area contributed by atoms with Gasteiger partial charge < -0.3 is 4.74 Å². The summed E-state index contributed by atoms with van der Waals surface area (Å²) < 4.78 is 6.16. The molecule has 176 valence electrons. The second-order valence-electron chi connectivity index (χ2n) is 13.6. The lowest BCUT2D eigenvalue weighted by Crippen LogP contribution is -2.57. The Kier molecular flexibility index (Phi) is 5.38. The number of carbonyl (C=O) groups is 1. The smallest absolute Gasteiger partial charge is 0.302 e. The van der Waals surface area contributed by atoms with Gasteiger partial charge in [-0.05, 0) is 104 Å². The fourth-order valence-electron chi connectivity index (χ4n) is 10.7. The molecular formula is C29H48O2. The lowest BCUT2D eigenvalue weighted by molar-refractivity contribution is -0.182. The zero-order chi connectivity index (χ0) is 22.2. The van der Waals surface area contributed by atoms with E-state index in [0.29, 0.717) is 16.2 Å². The third kappa shape index (κ3) is 3.12. The van der Waals surface area contributed by atoms with Crippen molar-refractivity contribution in [2.24, 2.45) is 57.7 Å². The van der Waals surface area contributed by atoms with E-state index in [1.54, 1.807) is 6.92 Å². The lowest BCUT2D eigenvalue weighted by Gasteiger charge is -2.60. The van der Waals surface area contributed by atoms with Crippen molar-refractivity contribution in [2.75, 3.05) is 0 Å². The quantitative estimate of drug-likeness (QED) is 0.406. The van der Waals surface area contributed by atoms with Crippen LogP contribution in [0.15, 0.2) is 0 Å². The molecule has 2 heteroatoms. The van der Waals surface area contributed by atoms with E-state index >= 15 is 0 Å². The average molecular weight is 429 g/mol. The van der Waals surface area contributed by atoms with Crippen LogP contribution in [-0.4, -0.2) is 12.1 Å². The topological polar surface area (TPSA) is 26.3 Å². The van der Waals surface area contributed by atoms with Crippen molar-refractivity contribution in [1.29, 1.82) is 0 Å². The van der Waals surface area contributed by atoms with Crippen molar-refractivity contribution in [1.82, 2.24) is 0 Å². The normalized spacial score (nSPS) is 50.9. The predicted octanol–water partition coefficient (Wildman–Crippen LogP) is 7.65. The third-order valence-corrected chi connectivity index (χ3v) is 12.1. The fraction of sp³-hybridized carbons (Fsp3) is 0.966. The van der Waals surface area contributed by atoms with Crippen LogP contribution in [0, 0.1) is 57.7 Å². The number of hydrogen-bond donors (Lipinski definition) is 0. The van der Waals surface area contributed by atoms with Gasteiger partial charge in [0.1, 0.15) is 6.10 Å². The summed E-state index contributed by atoms with van der Waals surface area (Å²) in [4.78, 5) is 12.1. The summed E-state index contributed by atoms with van der Waals surface area (Å²) in [5, 5.41) is 0. The molecule has 10 atom stereocenters. The molecule has 0 bridgehead atoms. The van der Waals surface area contributed by atoms with Crippen LogP contribution in [0.2, 0.25) is 0 Å². The molecule has 31 heavy (non-hydrogen) atoms. The number of esters is 1. The highest BCUT2D eigenvalue weighted by Crippen LogP contribution is 2.82. The summed E-state index contributed by atoms with van der Waals surface area (Å²) in [6.45, 7) is 14.2. The number of ether oxygens (including phenoxy) is 1. The van der Waals surface area contributed by atoms with Crippen molar-refractivity contribution in [3.63, 3.8) is 0 Å². The molecule has 0 heterocycles. The number of rotatable bonds is 6. The average Bonchev–Trinajstić information content (AvgIpc) is 3.20. The molecule has 0 N–H and O–H groups in total. The highest BCUT2D eigenvalue weighted by molar-refractivity contribution is 5.66. The van der Waals surface area contributed by atoms with Crippen LogP contribution >= 0.6 is 0 Å². The molecule has 2 nitrogen and oxygen atoms in total.